The quantitative estimate of drug-likeness (QED) is 0.513. The summed E-state index contributed by atoms with van der Waals surface area (Å²) in [6.07, 6.45) is 2.59. The normalized spacial score (nSPS) is 17.8. The summed E-state index contributed by atoms with van der Waals surface area (Å²) in [7, 11) is 2.17. The lowest BCUT2D eigenvalue weighted by molar-refractivity contribution is 0.0699. The van der Waals surface area contributed by atoms with Gasteiger partial charge >= 0.3 is 5.97 Å². The van der Waals surface area contributed by atoms with Crippen LogP contribution in [0.3, 0.4) is 0 Å². The predicted octanol–water partition coefficient (Wildman–Crippen LogP) is 4.15. The highest BCUT2D eigenvalue weighted by Crippen LogP contribution is 2.37. The van der Waals surface area contributed by atoms with Crippen molar-refractivity contribution in [2.45, 2.75) is 19.4 Å². The van der Waals surface area contributed by atoms with Gasteiger partial charge < -0.3 is 15.3 Å². The molecule has 0 aliphatic carbocycles. The number of thiophene rings is 1. The molecule has 4 rings (SSSR count). The van der Waals surface area contributed by atoms with E-state index in [1.54, 1.807) is 18.3 Å². The van der Waals surface area contributed by atoms with Gasteiger partial charge in [-0.3, -0.25) is 4.90 Å². The van der Waals surface area contributed by atoms with Crippen LogP contribution in [0, 0.1) is 0 Å². The molecule has 31 heavy (non-hydrogen) atoms. The Hall–Kier alpha value is -2.26. The molecule has 0 bridgehead atoms. The summed E-state index contributed by atoms with van der Waals surface area (Å²) in [6, 6.07) is 7.68. The first-order chi connectivity index (χ1) is 14.9. The molecule has 3 aromatic rings. The van der Waals surface area contributed by atoms with E-state index in [1.807, 2.05) is 12.1 Å². The summed E-state index contributed by atoms with van der Waals surface area (Å²) in [5.41, 5.74) is 0.894. The Morgan fingerprint density at radius 3 is 3.00 bits per heavy atom. The fourth-order valence-corrected chi connectivity index (χ4v) is 5.32. The molecule has 0 unspecified atom stereocenters. The number of hydrogen-bond donors (Lipinski definition) is 2. The second kappa shape index (κ2) is 9.48. The Morgan fingerprint density at radius 1 is 1.39 bits per heavy atom. The van der Waals surface area contributed by atoms with Crippen LogP contribution in [0.1, 0.15) is 23.7 Å². The van der Waals surface area contributed by atoms with Gasteiger partial charge in [-0.25, -0.2) is 14.8 Å². The molecule has 1 aromatic carbocycles. The molecule has 9 heteroatoms. The molecule has 2 aromatic heterocycles. The van der Waals surface area contributed by atoms with Gasteiger partial charge in [0.2, 0.25) is 5.95 Å². The highest BCUT2D eigenvalue weighted by atomic mass is 35.5. The van der Waals surface area contributed by atoms with Crippen LogP contribution in [0.4, 0.5) is 5.95 Å². The summed E-state index contributed by atoms with van der Waals surface area (Å²) in [5.74, 6) is -0.414. The maximum atomic E-state index is 11.5. The first kappa shape index (κ1) is 22.0. The van der Waals surface area contributed by atoms with E-state index in [0.717, 1.165) is 48.7 Å². The zero-order valence-electron chi connectivity index (χ0n) is 17.6. The third-order valence-corrected chi connectivity index (χ3v) is 7.03. The van der Waals surface area contributed by atoms with E-state index in [9.17, 15) is 9.90 Å². The average molecular weight is 460 g/mol. The maximum Gasteiger partial charge on any atom is 0.336 e. The Kier molecular flexibility index (Phi) is 6.71. The molecule has 2 N–H and O–H groups in total. The number of nitrogens with one attached hydrogen (secondary N) is 1. The van der Waals surface area contributed by atoms with E-state index >= 15 is 0 Å². The van der Waals surface area contributed by atoms with E-state index in [0.29, 0.717) is 28.1 Å². The van der Waals surface area contributed by atoms with Gasteiger partial charge in [-0.05, 0) is 38.6 Å². The molecule has 164 valence electrons. The van der Waals surface area contributed by atoms with Gasteiger partial charge in [0.15, 0.2) is 0 Å². The minimum absolute atomic E-state index is 0.279. The SMILES string of the molecule is C[C@@H]1CN(C)CCN1CCCNc1ncc(Cl)c(-c2cc3c(C(=O)O)cccc3s2)n1. The first-order valence-corrected chi connectivity index (χ1v) is 11.6. The fourth-order valence-electron chi connectivity index (χ4n) is 3.98. The average Bonchev–Trinajstić information content (AvgIpc) is 3.17. The van der Waals surface area contributed by atoms with Gasteiger partial charge in [-0.1, -0.05) is 17.7 Å². The Bertz CT molecular complexity index is 1090. The number of anilines is 1. The number of aromatic carboxylic acids is 1. The Balaban J connectivity index is 1.44. The van der Waals surface area contributed by atoms with E-state index in [4.69, 9.17) is 11.6 Å². The van der Waals surface area contributed by atoms with Gasteiger partial charge in [-0.2, -0.15) is 0 Å². The van der Waals surface area contributed by atoms with Crippen LogP contribution < -0.4 is 5.32 Å². The number of hydrogen-bond acceptors (Lipinski definition) is 7. The Morgan fingerprint density at radius 2 is 2.23 bits per heavy atom. The van der Waals surface area contributed by atoms with Gasteiger partial charge in [0.1, 0.15) is 5.69 Å². The topological polar surface area (TPSA) is 81.6 Å². The third kappa shape index (κ3) is 4.98. The number of piperazine rings is 1. The molecule has 1 atom stereocenters. The predicted molar refractivity (Wildman–Crippen MR) is 126 cm³/mol. The van der Waals surface area contributed by atoms with Crippen LogP contribution in [0.25, 0.3) is 20.7 Å². The lowest BCUT2D eigenvalue weighted by Crippen LogP contribution is -2.50. The molecule has 0 spiro atoms. The van der Waals surface area contributed by atoms with E-state index in [1.165, 1.54) is 11.3 Å². The van der Waals surface area contributed by atoms with Gasteiger partial charge in [0.25, 0.3) is 0 Å². The first-order valence-electron chi connectivity index (χ1n) is 10.4. The van der Waals surface area contributed by atoms with Crippen molar-refractivity contribution < 1.29 is 9.90 Å². The van der Waals surface area contributed by atoms with Crippen LogP contribution >= 0.6 is 22.9 Å². The number of carboxylic acids is 1. The molecule has 0 amide bonds. The number of aromatic nitrogens is 2. The van der Waals surface area contributed by atoms with Crippen molar-refractivity contribution in [3.63, 3.8) is 0 Å². The van der Waals surface area contributed by atoms with E-state index in [-0.39, 0.29) is 5.56 Å². The smallest absolute Gasteiger partial charge is 0.336 e. The van der Waals surface area contributed by atoms with Crippen molar-refractivity contribution in [2.75, 3.05) is 45.1 Å². The van der Waals surface area contributed by atoms with Crippen molar-refractivity contribution in [3.8, 4) is 10.6 Å². The monoisotopic (exact) mass is 459 g/mol. The largest absolute Gasteiger partial charge is 0.478 e. The van der Waals surface area contributed by atoms with Crippen molar-refractivity contribution in [1.82, 2.24) is 19.8 Å². The second-order valence-corrected chi connectivity index (χ2v) is 9.44. The molecule has 7 nitrogen and oxygen atoms in total. The number of fused-ring (bicyclic) bond motifs is 1. The highest BCUT2D eigenvalue weighted by Gasteiger charge is 2.20. The number of nitrogens with zero attached hydrogens (tertiary/aromatic N) is 4. The number of halogens is 1. The number of carboxylic acid groups (broad SMARTS) is 1. The minimum Gasteiger partial charge on any atom is -0.478 e. The van der Waals surface area contributed by atoms with Crippen LogP contribution in [0.15, 0.2) is 30.5 Å². The summed E-state index contributed by atoms with van der Waals surface area (Å²) < 4.78 is 0.889. The molecular formula is C22H26ClN5O2S. The molecule has 1 fully saturated rings. The summed E-state index contributed by atoms with van der Waals surface area (Å²) >= 11 is 7.85. The van der Waals surface area contributed by atoms with Crippen LogP contribution in [-0.4, -0.2) is 76.7 Å². The van der Waals surface area contributed by atoms with Crippen LogP contribution in [-0.2, 0) is 0 Å². The number of rotatable bonds is 7. The van der Waals surface area contributed by atoms with Crippen molar-refractivity contribution in [3.05, 3.63) is 41.0 Å². The number of carbonyl (C=O) groups is 1. The number of likely N-dealkylation sites (N-methyl/N-ethyl adjacent to an activating group) is 1. The standard InChI is InChI=1S/C22H26ClN5O2S/c1-14-13-27(2)9-10-28(14)8-4-7-24-22-25-12-17(23)20(26-22)19-11-16-15(21(29)30)5-3-6-18(16)31-19/h3,5-6,11-12,14H,4,7-10,13H2,1-2H3,(H,29,30)(H,24,25,26)/t14-/m1/s1. The van der Waals surface area contributed by atoms with Gasteiger partial charge in [0, 0.05) is 48.9 Å². The molecule has 0 saturated carbocycles. The summed E-state index contributed by atoms with van der Waals surface area (Å²) in [4.78, 5) is 26.2. The van der Waals surface area contributed by atoms with Crippen LogP contribution in [0.2, 0.25) is 5.02 Å². The van der Waals surface area contributed by atoms with Crippen LogP contribution in [0.5, 0.6) is 0 Å². The third-order valence-electron chi connectivity index (χ3n) is 5.64. The highest BCUT2D eigenvalue weighted by molar-refractivity contribution is 7.22. The summed E-state index contributed by atoms with van der Waals surface area (Å²) in [6.45, 7) is 7.41. The summed E-state index contributed by atoms with van der Waals surface area (Å²) in [5, 5.41) is 13.9. The zero-order chi connectivity index (χ0) is 22.0. The minimum atomic E-state index is -0.944. The number of benzene rings is 1. The van der Waals surface area contributed by atoms with Crippen molar-refractivity contribution >= 4 is 44.9 Å². The Labute approximate surface area is 190 Å². The molecule has 1 aliphatic heterocycles. The van der Waals surface area contributed by atoms with E-state index < -0.39 is 5.97 Å². The van der Waals surface area contributed by atoms with Gasteiger partial charge in [0.05, 0.1) is 21.7 Å². The van der Waals surface area contributed by atoms with Crippen molar-refractivity contribution in [1.29, 1.82) is 0 Å². The van der Waals surface area contributed by atoms with E-state index in [2.05, 4.69) is 39.1 Å². The molecule has 3 heterocycles. The molecule has 0 radical (unpaired) electrons. The zero-order valence-corrected chi connectivity index (χ0v) is 19.2. The molecular weight excluding hydrogens is 434 g/mol. The second-order valence-electron chi connectivity index (χ2n) is 7.95. The van der Waals surface area contributed by atoms with Gasteiger partial charge in [-0.15, -0.1) is 11.3 Å². The molecule has 1 aliphatic rings. The fraction of sp³-hybridized carbons (Fsp3) is 0.409. The van der Waals surface area contributed by atoms with Crippen molar-refractivity contribution in [2.24, 2.45) is 0 Å². The maximum absolute atomic E-state index is 11.5. The molecule has 1 saturated heterocycles. The lowest BCUT2D eigenvalue weighted by atomic mass is 10.1. The lowest BCUT2D eigenvalue weighted by Gasteiger charge is -2.38.